The lowest BCUT2D eigenvalue weighted by molar-refractivity contribution is 0.0697. The Balaban J connectivity index is 1.89. The van der Waals surface area contributed by atoms with Crippen molar-refractivity contribution in [3.8, 4) is 0 Å². The molecule has 0 saturated heterocycles. The normalized spacial score (nSPS) is 20.2. The predicted octanol–water partition coefficient (Wildman–Crippen LogP) is 3.58. The van der Waals surface area contributed by atoms with Crippen molar-refractivity contribution in [2.45, 2.75) is 44.6 Å². The van der Waals surface area contributed by atoms with Crippen molar-refractivity contribution in [3.05, 3.63) is 29.6 Å². The highest BCUT2D eigenvalue weighted by Crippen LogP contribution is 2.46. The van der Waals surface area contributed by atoms with E-state index in [1.165, 1.54) is 31.5 Å². The maximum Gasteiger partial charge on any atom is 0.335 e. The molecule has 0 aliphatic heterocycles. The Kier molecular flexibility index (Phi) is 2.43. The number of fused-ring (bicyclic) bond motifs is 1. The van der Waals surface area contributed by atoms with Crippen LogP contribution in [0.5, 0.6) is 0 Å². The van der Waals surface area contributed by atoms with E-state index in [0.717, 1.165) is 17.0 Å². The zero-order chi connectivity index (χ0) is 13.9. The maximum atomic E-state index is 11.1. The fourth-order valence-electron chi connectivity index (χ4n) is 3.10. The van der Waals surface area contributed by atoms with Gasteiger partial charge in [-0.2, -0.15) is 0 Å². The SMILES string of the molecule is CC(C1CC1)n1c(C2CC2)nc2cc(C(=O)O)ccc21. The van der Waals surface area contributed by atoms with Gasteiger partial charge in [0.2, 0.25) is 0 Å². The number of hydrogen-bond acceptors (Lipinski definition) is 2. The molecule has 4 nitrogen and oxygen atoms in total. The topological polar surface area (TPSA) is 55.1 Å². The summed E-state index contributed by atoms with van der Waals surface area (Å²) < 4.78 is 2.37. The second-order valence-corrected chi connectivity index (χ2v) is 6.20. The van der Waals surface area contributed by atoms with E-state index in [-0.39, 0.29) is 0 Å². The van der Waals surface area contributed by atoms with Crippen molar-refractivity contribution in [3.63, 3.8) is 0 Å². The molecule has 1 atom stereocenters. The lowest BCUT2D eigenvalue weighted by Crippen LogP contribution is -2.10. The van der Waals surface area contributed by atoms with Gasteiger partial charge in [0.15, 0.2) is 0 Å². The molecule has 1 aromatic heterocycles. The molecule has 2 saturated carbocycles. The summed E-state index contributed by atoms with van der Waals surface area (Å²) in [7, 11) is 0. The van der Waals surface area contributed by atoms with E-state index in [1.807, 2.05) is 6.07 Å². The maximum absolute atomic E-state index is 11.1. The molecule has 0 bridgehead atoms. The number of carboxylic acid groups (broad SMARTS) is 1. The predicted molar refractivity (Wildman–Crippen MR) is 76.1 cm³/mol. The fraction of sp³-hybridized carbons (Fsp3) is 0.500. The Morgan fingerprint density at radius 3 is 2.70 bits per heavy atom. The van der Waals surface area contributed by atoms with Gasteiger partial charge in [0.25, 0.3) is 0 Å². The molecule has 2 aromatic rings. The number of aromatic carboxylic acids is 1. The number of nitrogens with zero attached hydrogens (tertiary/aromatic N) is 2. The second-order valence-electron chi connectivity index (χ2n) is 6.20. The van der Waals surface area contributed by atoms with Crippen molar-refractivity contribution in [1.29, 1.82) is 0 Å². The average molecular weight is 270 g/mol. The summed E-state index contributed by atoms with van der Waals surface area (Å²) in [5, 5.41) is 9.11. The molecule has 1 N–H and O–H groups in total. The Morgan fingerprint density at radius 2 is 2.10 bits per heavy atom. The first-order chi connectivity index (χ1) is 9.65. The fourth-order valence-corrected chi connectivity index (χ4v) is 3.10. The van der Waals surface area contributed by atoms with E-state index in [1.54, 1.807) is 12.1 Å². The lowest BCUT2D eigenvalue weighted by Gasteiger charge is -2.17. The van der Waals surface area contributed by atoms with Gasteiger partial charge in [0.1, 0.15) is 5.82 Å². The molecule has 0 spiro atoms. The van der Waals surface area contributed by atoms with Crippen LogP contribution in [0.4, 0.5) is 0 Å². The Labute approximate surface area is 117 Å². The summed E-state index contributed by atoms with van der Waals surface area (Å²) in [5.41, 5.74) is 2.25. The van der Waals surface area contributed by atoms with Gasteiger partial charge >= 0.3 is 5.97 Å². The summed E-state index contributed by atoms with van der Waals surface area (Å²) in [6, 6.07) is 5.81. The molecular formula is C16H18N2O2. The van der Waals surface area contributed by atoms with Crippen LogP contribution in [0.15, 0.2) is 18.2 Å². The number of carbonyl (C=O) groups is 1. The number of benzene rings is 1. The first-order valence-corrected chi connectivity index (χ1v) is 7.40. The minimum atomic E-state index is -0.885. The first kappa shape index (κ1) is 11.9. The number of carboxylic acids is 1. The van der Waals surface area contributed by atoms with Crippen LogP contribution in [0.1, 0.15) is 60.7 Å². The summed E-state index contributed by atoms with van der Waals surface area (Å²) in [5.74, 6) is 1.63. The highest BCUT2D eigenvalue weighted by molar-refractivity contribution is 5.92. The highest BCUT2D eigenvalue weighted by Gasteiger charge is 2.36. The number of rotatable bonds is 4. The standard InChI is InChI=1S/C16H18N2O2/c1-9(10-2-3-10)18-14-7-6-12(16(19)20)8-13(14)17-15(18)11-4-5-11/h6-11H,2-5H2,1H3,(H,19,20). The summed E-state index contributed by atoms with van der Waals surface area (Å²) >= 11 is 0. The lowest BCUT2D eigenvalue weighted by atomic mass is 10.1. The Bertz CT molecular complexity index is 696. The molecule has 4 heteroatoms. The van der Waals surface area contributed by atoms with E-state index >= 15 is 0 Å². The molecule has 1 heterocycles. The monoisotopic (exact) mass is 270 g/mol. The molecule has 20 heavy (non-hydrogen) atoms. The zero-order valence-corrected chi connectivity index (χ0v) is 11.5. The molecule has 1 aromatic carbocycles. The van der Waals surface area contributed by atoms with Gasteiger partial charge in [-0.3, -0.25) is 0 Å². The van der Waals surface area contributed by atoms with Gasteiger partial charge < -0.3 is 9.67 Å². The van der Waals surface area contributed by atoms with Crippen LogP contribution < -0.4 is 0 Å². The van der Waals surface area contributed by atoms with Crippen molar-refractivity contribution in [2.75, 3.05) is 0 Å². The molecule has 104 valence electrons. The minimum Gasteiger partial charge on any atom is -0.478 e. The average Bonchev–Trinajstić information content (AvgIpc) is 3.32. The third kappa shape index (κ3) is 1.82. The molecule has 4 rings (SSSR count). The van der Waals surface area contributed by atoms with Gasteiger partial charge in [0.05, 0.1) is 16.6 Å². The minimum absolute atomic E-state index is 0.323. The van der Waals surface area contributed by atoms with Crippen molar-refractivity contribution in [1.82, 2.24) is 9.55 Å². The quantitative estimate of drug-likeness (QED) is 0.923. The number of aromatic nitrogens is 2. The van der Waals surface area contributed by atoms with Gasteiger partial charge in [0, 0.05) is 12.0 Å². The smallest absolute Gasteiger partial charge is 0.335 e. The molecule has 1 unspecified atom stereocenters. The molecular weight excluding hydrogens is 252 g/mol. The van der Waals surface area contributed by atoms with E-state index in [4.69, 9.17) is 10.1 Å². The molecule has 0 radical (unpaired) electrons. The van der Waals surface area contributed by atoms with E-state index < -0.39 is 5.97 Å². The third-order valence-corrected chi connectivity index (χ3v) is 4.62. The summed E-state index contributed by atoms with van der Waals surface area (Å²) in [6.07, 6.45) is 5.04. The van der Waals surface area contributed by atoms with E-state index in [0.29, 0.717) is 17.5 Å². The van der Waals surface area contributed by atoms with Crippen molar-refractivity contribution < 1.29 is 9.90 Å². The first-order valence-electron chi connectivity index (χ1n) is 7.40. The van der Waals surface area contributed by atoms with Crippen molar-refractivity contribution in [2.24, 2.45) is 5.92 Å². The largest absolute Gasteiger partial charge is 0.478 e. The number of imidazole rings is 1. The second kappa shape index (κ2) is 4.08. The van der Waals surface area contributed by atoms with Crippen LogP contribution in [0.25, 0.3) is 11.0 Å². The van der Waals surface area contributed by atoms with Gasteiger partial charge in [-0.15, -0.1) is 0 Å². The van der Waals surface area contributed by atoms with Crippen LogP contribution in [0.2, 0.25) is 0 Å². The molecule has 2 fully saturated rings. The molecule has 0 amide bonds. The van der Waals surface area contributed by atoms with Gasteiger partial charge in [-0.25, -0.2) is 9.78 Å². The van der Waals surface area contributed by atoms with Crippen LogP contribution in [0, 0.1) is 5.92 Å². The zero-order valence-electron chi connectivity index (χ0n) is 11.5. The van der Waals surface area contributed by atoms with Crippen LogP contribution in [0.3, 0.4) is 0 Å². The Hall–Kier alpha value is -1.84. The Morgan fingerprint density at radius 1 is 1.35 bits per heavy atom. The van der Waals surface area contributed by atoms with E-state index in [9.17, 15) is 4.79 Å². The summed E-state index contributed by atoms with van der Waals surface area (Å²) in [4.78, 5) is 15.8. The highest BCUT2D eigenvalue weighted by atomic mass is 16.4. The van der Waals surface area contributed by atoms with Gasteiger partial charge in [-0.1, -0.05) is 0 Å². The van der Waals surface area contributed by atoms with Crippen LogP contribution >= 0.6 is 0 Å². The van der Waals surface area contributed by atoms with Crippen molar-refractivity contribution >= 4 is 17.0 Å². The number of hydrogen-bond donors (Lipinski definition) is 1. The van der Waals surface area contributed by atoms with Crippen LogP contribution in [-0.4, -0.2) is 20.6 Å². The van der Waals surface area contributed by atoms with Gasteiger partial charge in [-0.05, 0) is 56.7 Å². The van der Waals surface area contributed by atoms with E-state index in [2.05, 4.69) is 11.5 Å². The van der Waals surface area contributed by atoms with Crippen LogP contribution in [-0.2, 0) is 0 Å². The molecule has 2 aliphatic rings. The third-order valence-electron chi connectivity index (χ3n) is 4.62. The molecule has 2 aliphatic carbocycles. The summed E-state index contributed by atoms with van der Waals surface area (Å²) in [6.45, 7) is 2.27.